The second kappa shape index (κ2) is 10.0. The first-order valence-electron chi connectivity index (χ1n) is 9.23. The van der Waals surface area contributed by atoms with Crippen molar-refractivity contribution in [3.63, 3.8) is 0 Å². The SMILES string of the molecule is CCOc1cc(/C=C\C(=O)N2CCC(N(C)S(C)(=O)=O)CC2)ccc1OC(F)F. The van der Waals surface area contributed by atoms with Gasteiger partial charge in [-0.2, -0.15) is 8.78 Å². The Labute approximate surface area is 169 Å². The second-order valence-corrected chi connectivity index (χ2v) is 8.73. The van der Waals surface area contributed by atoms with E-state index in [1.807, 2.05) is 0 Å². The number of alkyl halides is 2. The van der Waals surface area contributed by atoms with Gasteiger partial charge in [-0.05, 0) is 43.5 Å². The van der Waals surface area contributed by atoms with E-state index in [2.05, 4.69) is 4.74 Å². The van der Waals surface area contributed by atoms with Gasteiger partial charge in [0.1, 0.15) is 0 Å². The normalized spacial score (nSPS) is 16.0. The fourth-order valence-corrected chi connectivity index (χ4v) is 3.84. The minimum absolute atomic E-state index is 0.0672. The molecule has 1 fully saturated rings. The molecular formula is C19H26F2N2O5S. The van der Waals surface area contributed by atoms with Gasteiger partial charge in [-0.25, -0.2) is 12.7 Å². The van der Waals surface area contributed by atoms with Crippen molar-refractivity contribution in [3.8, 4) is 11.5 Å². The Morgan fingerprint density at radius 2 is 1.97 bits per heavy atom. The van der Waals surface area contributed by atoms with Crippen molar-refractivity contribution in [2.75, 3.05) is 33.0 Å². The van der Waals surface area contributed by atoms with E-state index >= 15 is 0 Å². The lowest BCUT2D eigenvalue weighted by molar-refractivity contribution is -0.127. The van der Waals surface area contributed by atoms with Gasteiger partial charge in [-0.15, -0.1) is 0 Å². The van der Waals surface area contributed by atoms with Crippen LogP contribution in [0.1, 0.15) is 25.3 Å². The van der Waals surface area contributed by atoms with Crippen LogP contribution in [-0.2, 0) is 14.8 Å². The molecule has 0 atom stereocenters. The summed E-state index contributed by atoms with van der Waals surface area (Å²) >= 11 is 0. The third-order valence-electron chi connectivity index (χ3n) is 4.72. The molecule has 0 aromatic heterocycles. The molecule has 0 N–H and O–H groups in total. The molecule has 0 spiro atoms. The average Bonchev–Trinajstić information content (AvgIpc) is 2.66. The standard InChI is InChI=1S/C19H26F2N2O5S/c1-4-27-17-13-14(5-7-16(17)28-19(20)21)6-8-18(24)23-11-9-15(10-12-23)22(2)29(3,25)26/h5-8,13,15,19H,4,9-12H2,1-3H3/b8-6-. The first-order chi connectivity index (χ1) is 13.6. The molecule has 0 bridgehead atoms. The van der Waals surface area contributed by atoms with Crippen molar-refractivity contribution in [2.24, 2.45) is 0 Å². The van der Waals surface area contributed by atoms with Gasteiger partial charge in [0.05, 0.1) is 12.9 Å². The first-order valence-corrected chi connectivity index (χ1v) is 11.1. The number of halogens is 2. The van der Waals surface area contributed by atoms with Gasteiger partial charge in [0.15, 0.2) is 11.5 Å². The molecule has 10 heteroatoms. The van der Waals surface area contributed by atoms with E-state index in [4.69, 9.17) is 4.74 Å². The van der Waals surface area contributed by atoms with Gasteiger partial charge in [0.25, 0.3) is 0 Å². The summed E-state index contributed by atoms with van der Waals surface area (Å²) in [6, 6.07) is 4.33. The van der Waals surface area contributed by atoms with Crippen molar-refractivity contribution in [1.82, 2.24) is 9.21 Å². The van der Waals surface area contributed by atoms with Crippen LogP contribution in [0.2, 0.25) is 0 Å². The third-order valence-corrected chi connectivity index (χ3v) is 6.06. The Morgan fingerprint density at radius 3 is 2.52 bits per heavy atom. The highest BCUT2D eigenvalue weighted by Gasteiger charge is 2.28. The van der Waals surface area contributed by atoms with Crippen molar-refractivity contribution in [1.29, 1.82) is 0 Å². The second-order valence-electron chi connectivity index (χ2n) is 6.69. The van der Waals surface area contributed by atoms with Crippen molar-refractivity contribution >= 4 is 22.0 Å². The monoisotopic (exact) mass is 432 g/mol. The number of nitrogens with zero attached hydrogens (tertiary/aromatic N) is 2. The van der Waals surface area contributed by atoms with Gasteiger partial charge in [-0.1, -0.05) is 6.07 Å². The van der Waals surface area contributed by atoms with Crippen LogP contribution in [0.15, 0.2) is 24.3 Å². The molecule has 1 aliphatic rings. The predicted molar refractivity (Wildman–Crippen MR) is 105 cm³/mol. The topological polar surface area (TPSA) is 76.2 Å². The van der Waals surface area contributed by atoms with Gasteiger partial charge in [0, 0.05) is 32.3 Å². The first kappa shape index (κ1) is 23.1. The number of rotatable bonds is 8. The number of likely N-dealkylation sites (tertiary alicyclic amines) is 1. The molecule has 0 aliphatic carbocycles. The average molecular weight is 432 g/mol. The zero-order valence-corrected chi connectivity index (χ0v) is 17.5. The van der Waals surface area contributed by atoms with E-state index in [1.165, 1.54) is 28.8 Å². The molecule has 1 aromatic rings. The highest BCUT2D eigenvalue weighted by Crippen LogP contribution is 2.30. The number of carbonyl (C=O) groups is 1. The van der Waals surface area contributed by atoms with Crippen molar-refractivity contribution in [2.45, 2.75) is 32.4 Å². The molecule has 1 heterocycles. The van der Waals surface area contributed by atoms with Crippen LogP contribution in [0, 0.1) is 0 Å². The molecule has 1 aromatic carbocycles. The molecule has 0 radical (unpaired) electrons. The van der Waals surface area contributed by atoms with E-state index in [9.17, 15) is 22.0 Å². The molecule has 1 aliphatic heterocycles. The van der Waals surface area contributed by atoms with Gasteiger partial charge in [-0.3, -0.25) is 4.79 Å². The number of carbonyl (C=O) groups excluding carboxylic acids is 1. The molecule has 162 valence electrons. The Morgan fingerprint density at radius 1 is 1.31 bits per heavy atom. The largest absolute Gasteiger partial charge is 0.490 e. The van der Waals surface area contributed by atoms with Gasteiger partial charge in [0.2, 0.25) is 15.9 Å². The predicted octanol–water partition coefficient (Wildman–Crippen LogP) is 2.58. The Bertz CT molecular complexity index is 837. The summed E-state index contributed by atoms with van der Waals surface area (Å²) in [6.07, 6.45) is 5.28. The summed E-state index contributed by atoms with van der Waals surface area (Å²) in [4.78, 5) is 14.1. The van der Waals surface area contributed by atoms with Crippen LogP contribution in [-0.4, -0.2) is 69.2 Å². The van der Waals surface area contributed by atoms with E-state index < -0.39 is 16.6 Å². The third kappa shape index (κ3) is 6.67. The molecule has 1 amide bonds. The molecule has 2 rings (SSSR count). The summed E-state index contributed by atoms with van der Waals surface area (Å²) in [5, 5.41) is 0. The number of ether oxygens (including phenoxy) is 2. The maximum absolute atomic E-state index is 12.5. The van der Waals surface area contributed by atoms with Crippen LogP contribution in [0.4, 0.5) is 8.78 Å². The molecule has 29 heavy (non-hydrogen) atoms. The van der Waals surface area contributed by atoms with E-state index in [0.717, 1.165) is 0 Å². The van der Waals surface area contributed by atoms with E-state index in [-0.39, 0.29) is 30.1 Å². The highest BCUT2D eigenvalue weighted by molar-refractivity contribution is 7.88. The van der Waals surface area contributed by atoms with Crippen LogP contribution in [0.3, 0.4) is 0 Å². The molecule has 7 nitrogen and oxygen atoms in total. The Balaban J connectivity index is 1.99. The number of hydrogen-bond donors (Lipinski definition) is 0. The summed E-state index contributed by atoms with van der Waals surface area (Å²) in [5.74, 6) is -0.0919. The summed E-state index contributed by atoms with van der Waals surface area (Å²) in [6.45, 7) is -0.0363. The summed E-state index contributed by atoms with van der Waals surface area (Å²) < 4.78 is 59.3. The zero-order chi connectivity index (χ0) is 21.6. The Hall–Kier alpha value is -2.20. The maximum atomic E-state index is 12.5. The Kier molecular flexibility index (Phi) is 7.97. The van der Waals surface area contributed by atoms with Crippen molar-refractivity contribution in [3.05, 3.63) is 29.8 Å². The lowest BCUT2D eigenvalue weighted by atomic mass is 10.1. The fraction of sp³-hybridized carbons (Fsp3) is 0.526. The lowest BCUT2D eigenvalue weighted by Gasteiger charge is -2.35. The number of benzene rings is 1. The van der Waals surface area contributed by atoms with Crippen LogP contribution in [0.5, 0.6) is 11.5 Å². The van der Waals surface area contributed by atoms with Gasteiger partial charge < -0.3 is 14.4 Å². The lowest BCUT2D eigenvalue weighted by Crippen LogP contribution is -2.46. The molecule has 0 saturated carbocycles. The van der Waals surface area contributed by atoms with Crippen molar-refractivity contribution < 1.29 is 31.5 Å². The molecular weight excluding hydrogens is 406 g/mol. The highest BCUT2D eigenvalue weighted by atomic mass is 32.2. The smallest absolute Gasteiger partial charge is 0.387 e. The maximum Gasteiger partial charge on any atom is 0.387 e. The number of hydrogen-bond acceptors (Lipinski definition) is 5. The van der Waals surface area contributed by atoms with E-state index in [1.54, 1.807) is 31.0 Å². The van der Waals surface area contributed by atoms with Crippen LogP contribution < -0.4 is 9.47 Å². The molecule has 1 saturated heterocycles. The minimum atomic E-state index is -3.26. The number of piperidine rings is 1. The quantitative estimate of drug-likeness (QED) is 0.590. The summed E-state index contributed by atoms with van der Waals surface area (Å²) in [7, 11) is -1.71. The molecule has 0 unspecified atom stereocenters. The zero-order valence-electron chi connectivity index (χ0n) is 16.7. The number of amides is 1. The summed E-state index contributed by atoms with van der Waals surface area (Å²) in [5.41, 5.74) is 0.607. The van der Waals surface area contributed by atoms with Crippen LogP contribution in [0.25, 0.3) is 6.08 Å². The fourth-order valence-electron chi connectivity index (χ4n) is 3.08. The number of sulfonamides is 1. The minimum Gasteiger partial charge on any atom is -0.490 e. The van der Waals surface area contributed by atoms with Gasteiger partial charge >= 0.3 is 6.61 Å². The van der Waals surface area contributed by atoms with E-state index in [0.29, 0.717) is 31.5 Å². The van der Waals surface area contributed by atoms with Crippen LogP contribution >= 0.6 is 0 Å².